The zero-order valence-corrected chi connectivity index (χ0v) is 27.2. The molecule has 228 valence electrons. The number of hydrogen-bond donors (Lipinski definition) is 1. The van der Waals surface area contributed by atoms with E-state index in [0.29, 0.717) is 5.70 Å². The summed E-state index contributed by atoms with van der Waals surface area (Å²) in [7, 11) is -0.469. The Bertz CT molecular complexity index is 1930. The van der Waals surface area contributed by atoms with E-state index in [2.05, 4.69) is 90.9 Å². The van der Waals surface area contributed by atoms with Crippen molar-refractivity contribution in [2.45, 2.75) is 59.7 Å². The Labute approximate surface area is 266 Å². The first-order chi connectivity index (χ1) is 21.4. The van der Waals surface area contributed by atoms with Gasteiger partial charge in [0.2, 0.25) is 0 Å². The van der Waals surface area contributed by atoms with Gasteiger partial charge in [-0.15, -0.1) is 0 Å². The Hall–Kier alpha value is -4.39. The molecule has 5 aromatic rings. The highest BCUT2D eigenvalue weighted by Gasteiger charge is 2.51. The molecule has 0 amide bonds. The molecule has 5 nitrogen and oxygen atoms in total. The van der Waals surface area contributed by atoms with Crippen LogP contribution in [0.15, 0.2) is 118 Å². The first-order valence-corrected chi connectivity index (χ1v) is 15.6. The lowest BCUT2D eigenvalue weighted by Gasteiger charge is -2.32. The number of allylic oxidation sites excluding steroid dienone is 2. The van der Waals surface area contributed by atoms with Crippen molar-refractivity contribution in [3.63, 3.8) is 0 Å². The summed E-state index contributed by atoms with van der Waals surface area (Å²) in [6.07, 6.45) is 2.10. The fourth-order valence-corrected chi connectivity index (χ4v) is 5.87. The molecule has 0 bridgehead atoms. The molecular weight excluding hydrogens is 555 g/mol. The summed E-state index contributed by atoms with van der Waals surface area (Å²) in [5.74, 6) is -0.0841. The van der Waals surface area contributed by atoms with Gasteiger partial charge in [0.15, 0.2) is 0 Å². The van der Waals surface area contributed by atoms with Gasteiger partial charge in [-0.25, -0.2) is 0 Å². The average molecular weight is 597 g/mol. The fourth-order valence-electron chi connectivity index (χ4n) is 5.87. The number of nitrogens with zero attached hydrogens (tertiary/aromatic N) is 1. The summed E-state index contributed by atoms with van der Waals surface area (Å²) in [5, 5.41) is 1.95. The topological polar surface area (TPSA) is 70.0 Å². The molecule has 2 N–H and O–H groups in total. The normalized spacial score (nSPS) is 17.2. The van der Waals surface area contributed by atoms with Crippen LogP contribution in [0.2, 0.25) is 0 Å². The molecule has 6 heteroatoms. The van der Waals surface area contributed by atoms with Crippen molar-refractivity contribution in [1.82, 2.24) is 0 Å². The molecule has 0 saturated carbocycles. The first kappa shape index (κ1) is 30.6. The van der Waals surface area contributed by atoms with Gasteiger partial charge in [0.05, 0.1) is 22.6 Å². The summed E-state index contributed by atoms with van der Waals surface area (Å²) in [6.45, 7) is 14.6. The summed E-state index contributed by atoms with van der Waals surface area (Å²) in [5.41, 5.74) is 15.4. The molecule has 1 saturated heterocycles. The Morgan fingerprint density at radius 3 is 2.02 bits per heavy atom. The van der Waals surface area contributed by atoms with E-state index >= 15 is 0 Å². The number of hydrogen-bond acceptors (Lipinski definition) is 5. The van der Waals surface area contributed by atoms with Crippen LogP contribution in [0.3, 0.4) is 0 Å². The Kier molecular flexibility index (Phi) is 8.06. The largest absolute Gasteiger partial charge is 0.494 e. The van der Waals surface area contributed by atoms with Gasteiger partial charge in [-0.2, -0.15) is 0 Å². The molecule has 0 aliphatic carbocycles. The molecule has 0 radical (unpaired) electrons. The second kappa shape index (κ2) is 11.8. The monoisotopic (exact) mass is 596 g/mol. The second-order valence-electron chi connectivity index (χ2n) is 13.1. The maximum atomic E-state index is 6.96. The van der Waals surface area contributed by atoms with E-state index in [9.17, 15) is 0 Å². The van der Waals surface area contributed by atoms with E-state index in [-0.39, 0.29) is 5.92 Å². The van der Waals surface area contributed by atoms with Crippen LogP contribution < -0.4 is 11.2 Å². The average Bonchev–Trinajstić information content (AvgIpc) is 3.50. The van der Waals surface area contributed by atoms with Gasteiger partial charge < -0.3 is 19.5 Å². The van der Waals surface area contributed by atoms with E-state index in [1.165, 1.54) is 0 Å². The highest BCUT2D eigenvalue weighted by atomic mass is 16.7. The van der Waals surface area contributed by atoms with Gasteiger partial charge in [0.1, 0.15) is 11.2 Å². The smallest absolute Gasteiger partial charge is 0.456 e. The number of fused-ring (bicyclic) bond motifs is 3. The number of nitrogens with two attached hydrogens (primary N) is 1. The SMILES string of the molecule is CC(C)=C(/N=C(/c1ccccc1)[C@H](C)/C=C(\N)c1cccc2oc3ccc(B4OC(C)(C)C(C)(C)O4)cc3c12)c1ccccc1. The van der Waals surface area contributed by atoms with Crippen LogP contribution in [0.25, 0.3) is 33.3 Å². The second-order valence-corrected chi connectivity index (χ2v) is 13.1. The molecule has 0 spiro atoms. The predicted octanol–water partition coefficient (Wildman–Crippen LogP) is 8.76. The van der Waals surface area contributed by atoms with Crippen LogP contribution in [0.4, 0.5) is 0 Å². The lowest BCUT2D eigenvalue weighted by Crippen LogP contribution is -2.41. The van der Waals surface area contributed by atoms with Crippen LogP contribution in [0.5, 0.6) is 0 Å². The molecule has 45 heavy (non-hydrogen) atoms. The first-order valence-electron chi connectivity index (χ1n) is 15.6. The molecule has 1 fully saturated rings. The van der Waals surface area contributed by atoms with Crippen LogP contribution >= 0.6 is 0 Å². The van der Waals surface area contributed by atoms with E-state index in [1.54, 1.807) is 0 Å². The molecule has 6 rings (SSSR count). The zero-order chi connectivity index (χ0) is 31.9. The quantitative estimate of drug-likeness (QED) is 0.151. The molecule has 4 aromatic carbocycles. The van der Waals surface area contributed by atoms with Gasteiger partial charge in [0, 0.05) is 33.5 Å². The van der Waals surface area contributed by atoms with Crippen LogP contribution in [0, 0.1) is 5.92 Å². The molecule has 1 atom stereocenters. The minimum Gasteiger partial charge on any atom is -0.456 e. The highest BCUT2D eigenvalue weighted by Crippen LogP contribution is 2.38. The summed E-state index contributed by atoms with van der Waals surface area (Å²) >= 11 is 0. The summed E-state index contributed by atoms with van der Waals surface area (Å²) in [6, 6.07) is 32.8. The van der Waals surface area contributed by atoms with Gasteiger partial charge in [-0.1, -0.05) is 104 Å². The van der Waals surface area contributed by atoms with E-state index in [1.807, 2.05) is 60.7 Å². The van der Waals surface area contributed by atoms with E-state index < -0.39 is 18.3 Å². The van der Waals surface area contributed by atoms with Crippen molar-refractivity contribution < 1.29 is 13.7 Å². The lowest BCUT2D eigenvalue weighted by atomic mass is 9.78. The Morgan fingerprint density at radius 1 is 0.778 bits per heavy atom. The standard InChI is InChI=1S/C39H41BN2O3/c1-25(2)36(27-15-10-8-11-16-27)42-37(28-17-12-9-13-18-28)26(3)23-32(41)30-19-14-20-34-35(30)31-24-29(21-22-33(31)43-34)40-44-38(4,5)39(6,7)45-40/h8-24,26H,41H2,1-7H3/b32-23-,42-37+/t26-/m1/s1. The van der Waals surface area contributed by atoms with E-state index in [0.717, 1.165) is 61.1 Å². The predicted molar refractivity (Wildman–Crippen MR) is 188 cm³/mol. The minimum atomic E-state index is -0.469. The van der Waals surface area contributed by atoms with Crippen LogP contribution in [-0.4, -0.2) is 24.0 Å². The van der Waals surface area contributed by atoms with Crippen molar-refractivity contribution in [2.75, 3.05) is 0 Å². The van der Waals surface area contributed by atoms with Crippen molar-refractivity contribution in [2.24, 2.45) is 16.6 Å². The zero-order valence-electron chi connectivity index (χ0n) is 27.2. The third-order valence-electron chi connectivity index (χ3n) is 9.04. The van der Waals surface area contributed by atoms with Crippen LogP contribution in [0.1, 0.15) is 65.2 Å². The summed E-state index contributed by atoms with van der Waals surface area (Å²) < 4.78 is 19.0. The number of aliphatic imine (C=N–C) groups is 1. The molecule has 1 aromatic heterocycles. The molecule has 0 unspecified atom stereocenters. The number of benzene rings is 4. The van der Waals surface area contributed by atoms with Crippen molar-refractivity contribution >= 4 is 51.6 Å². The third kappa shape index (κ3) is 5.88. The highest BCUT2D eigenvalue weighted by molar-refractivity contribution is 6.62. The molecule has 2 heterocycles. The van der Waals surface area contributed by atoms with Gasteiger partial charge in [-0.3, -0.25) is 4.99 Å². The Morgan fingerprint density at radius 2 is 1.40 bits per heavy atom. The Balaban J connectivity index is 1.43. The van der Waals surface area contributed by atoms with Crippen molar-refractivity contribution in [1.29, 1.82) is 0 Å². The summed E-state index contributed by atoms with van der Waals surface area (Å²) in [4.78, 5) is 5.29. The van der Waals surface area contributed by atoms with Gasteiger partial charge in [-0.05, 0) is 64.7 Å². The minimum absolute atomic E-state index is 0.0841. The number of rotatable bonds is 7. The maximum absolute atomic E-state index is 6.96. The molecular formula is C39H41BN2O3. The van der Waals surface area contributed by atoms with Gasteiger partial charge in [0.25, 0.3) is 0 Å². The van der Waals surface area contributed by atoms with Gasteiger partial charge >= 0.3 is 7.12 Å². The molecule has 1 aliphatic heterocycles. The van der Waals surface area contributed by atoms with E-state index in [4.69, 9.17) is 24.5 Å². The maximum Gasteiger partial charge on any atom is 0.494 e. The molecule has 1 aliphatic rings. The van der Waals surface area contributed by atoms with Crippen molar-refractivity contribution in [3.05, 3.63) is 125 Å². The van der Waals surface area contributed by atoms with Crippen LogP contribution in [-0.2, 0) is 9.31 Å². The fraction of sp³-hybridized carbons (Fsp3) is 0.256. The number of furan rings is 1. The lowest BCUT2D eigenvalue weighted by molar-refractivity contribution is 0.00578. The third-order valence-corrected chi connectivity index (χ3v) is 9.04. The van der Waals surface area contributed by atoms with Crippen molar-refractivity contribution in [3.8, 4) is 0 Å².